The van der Waals surface area contributed by atoms with Gasteiger partial charge in [-0.3, -0.25) is 4.79 Å². The van der Waals surface area contributed by atoms with Gasteiger partial charge >= 0.3 is 0 Å². The molecule has 1 aromatic carbocycles. The van der Waals surface area contributed by atoms with Crippen LogP contribution < -0.4 is 10.2 Å². The van der Waals surface area contributed by atoms with Crippen molar-refractivity contribution >= 4 is 23.4 Å². The fourth-order valence-electron chi connectivity index (χ4n) is 3.01. The summed E-state index contributed by atoms with van der Waals surface area (Å²) in [4.78, 5) is 24.4. The maximum absolute atomic E-state index is 11.4. The Kier molecular flexibility index (Phi) is 4.64. The summed E-state index contributed by atoms with van der Waals surface area (Å²) in [6, 6.07) is 8.20. The van der Waals surface area contributed by atoms with E-state index in [-0.39, 0.29) is 5.91 Å². The number of hydrogen-bond donors (Lipinski definition) is 1. The van der Waals surface area contributed by atoms with Crippen LogP contribution in [-0.2, 0) is 4.79 Å². The first-order chi connectivity index (χ1) is 11.5. The molecule has 6 heteroatoms. The van der Waals surface area contributed by atoms with Crippen molar-refractivity contribution in [1.29, 1.82) is 0 Å². The van der Waals surface area contributed by atoms with Crippen molar-refractivity contribution in [2.24, 2.45) is 0 Å². The van der Waals surface area contributed by atoms with E-state index in [2.05, 4.69) is 52.2 Å². The summed E-state index contributed by atoms with van der Waals surface area (Å²) in [6.45, 7) is 8.82. The average Bonchev–Trinajstić information content (AvgIpc) is 2.54. The van der Waals surface area contributed by atoms with Crippen LogP contribution in [0, 0.1) is 13.8 Å². The Labute approximate surface area is 142 Å². The zero-order chi connectivity index (χ0) is 17.1. The summed E-state index contributed by atoms with van der Waals surface area (Å²) in [5, 5.41) is 3.28. The van der Waals surface area contributed by atoms with Crippen LogP contribution in [0.5, 0.6) is 0 Å². The lowest BCUT2D eigenvalue weighted by atomic mass is 10.1. The van der Waals surface area contributed by atoms with E-state index in [1.807, 2.05) is 11.0 Å². The Bertz CT molecular complexity index is 718. The van der Waals surface area contributed by atoms with Crippen LogP contribution in [0.1, 0.15) is 18.1 Å². The Balaban J connectivity index is 1.71. The van der Waals surface area contributed by atoms with E-state index in [0.717, 1.165) is 37.7 Å². The number of nitrogens with zero attached hydrogens (tertiary/aromatic N) is 4. The zero-order valence-electron chi connectivity index (χ0n) is 14.4. The van der Waals surface area contributed by atoms with Gasteiger partial charge in [-0.2, -0.15) is 4.98 Å². The molecular formula is C18H23N5O. The van der Waals surface area contributed by atoms with E-state index in [0.29, 0.717) is 5.95 Å². The van der Waals surface area contributed by atoms with Crippen LogP contribution in [0.2, 0.25) is 0 Å². The van der Waals surface area contributed by atoms with Crippen molar-refractivity contribution < 1.29 is 4.79 Å². The van der Waals surface area contributed by atoms with Gasteiger partial charge in [0.25, 0.3) is 0 Å². The van der Waals surface area contributed by atoms with Crippen molar-refractivity contribution in [2.45, 2.75) is 20.8 Å². The van der Waals surface area contributed by atoms with Crippen LogP contribution in [-0.4, -0.2) is 47.0 Å². The van der Waals surface area contributed by atoms with Gasteiger partial charge in [0, 0.05) is 45.0 Å². The number of carbonyl (C=O) groups is 1. The lowest BCUT2D eigenvalue weighted by molar-refractivity contribution is -0.129. The molecule has 2 heterocycles. The summed E-state index contributed by atoms with van der Waals surface area (Å²) in [5.41, 5.74) is 3.40. The second-order valence-electron chi connectivity index (χ2n) is 6.23. The van der Waals surface area contributed by atoms with Gasteiger partial charge in [0.05, 0.1) is 0 Å². The van der Waals surface area contributed by atoms with Gasteiger partial charge in [-0.05, 0) is 43.2 Å². The molecule has 1 aliphatic heterocycles. The molecule has 126 valence electrons. The van der Waals surface area contributed by atoms with Crippen molar-refractivity contribution in [3.05, 3.63) is 41.6 Å². The predicted molar refractivity (Wildman–Crippen MR) is 95.7 cm³/mol. The van der Waals surface area contributed by atoms with E-state index >= 15 is 0 Å². The van der Waals surface area contributed by atoms with E-state index < -0.39 is 0 Å². The first-order valence-electron chi connectivity index (χ1n) is 8.20. The monoisotopic (exact) mass is 325 g/mol. The number of hydrogen-bond acceptors (Lipinski definition) is 5. The standard InChI is InChI=1S/C18H23N5O/c1-13-10-14(2)12-16(11-13)20-18-19-5-4-17(21-18)23-8-6-22(7-9-23)15(3)24/h4-5,10-12H,6-9H2,1-3H3,(H,19,20,21). The lowest BCUT2D eigenvalue weighted by Crippen LogP contribution is -2.48. The summed E-state index contributed by atoms with van der Waals surface area (Å²) < 4.78 is 0. The van der Waals surface area contributed by atoms with Gasteiger partial charge in [-0.25, -0.2) is 4.98 Å². The molecule has 1 N–H and O–H groups in total. The number of benzene rings is 1. The summed E-state index contributed by atoms with van der Waals surface area (Å²) in [6.07, 6.45) is 1.77. The third-order valence-corrected chi connectivity index (χ3v) is 4.17. The number of aromatic nitrogens is 2. The molecule has 1 aromatic heterocycles. The molecule has 3 rings (SSSR count). The maximum Gasteiger partial charge on any atom is 0.229 e. The van der Waals surface area contributed by atoms with Crippen LogP contribution >= 0.6 is 0 Å². The molecule has 0 unspecified atom stereocenters. The van der Waals surface area contributed by atoms with E-state index in [4.69, 9.17) is 0 Å². The third kappa shape index (κ3) is 3.82. The maximum atomic E-state index is 11.4. The van der Waals surface area contributed by atoms with Gasteiger partial charge in [-0.1, -0.05) is 6.07 Å². The molecule has 1 aliphatic rings. The highest BCUT2D eigenvalue weighted by molar-refractivity contribution is 5.73. The normalized spacial score (nSPS) is 14.6. The topological polar surface area (TPSA) is 61.4 Å². The molecule has 0 atom stereocenters. The molecule has 0 aliphatic carbocycles. The summed E-state index contributed by atoms with van der Waals surface area (Å²) in [5.74, 6) is 1.61. The predicted octanol–water partition coefficient (Wildman–Crippen LogP) is 2.51. The van der Waals surface area contributed by atoms with Crippen molar-refractivity contribution in [2.75, 3.05) is 36.4 Å². The molecule has 0 spiro atoms. The minimum Gasteiger partial charge on any atom is -0.353 e. The van der Waals surface area contributed by atoms with Gasteiger partial charge in [-0.15, -0.1) is 0 Å². The minimum absolute atomic E-state index is 0.134. The number of amides is 1. The van der Waals surface area contributed by atoms with Crippen LogP contribution in [0.3, 0.4) is 0 Å². The van der Waals surface area contributed by atoms with E-state index in [9.17, 15) is 4.79 Å². The van der Waals surface area contributed by atoms with Gasteiger partial charge in [0.2, 0.25) is 11.9 Å². The molecule has 0 bridgehead atoms. The van der Waals surface area contributed by atoms with Gasteiger partial charge < -0.3 is 15.1 Å². The first-order valence-corrected chi connectivity index (χ1v) is 8.20. The average molecular weight is 325 g/mol. The fourth-order valence-corrected chi connectivity index (χ4v) is 3.01. The van der Waals surface area contributed by atoms with Gasteiger partial charge in [0.1, 0.15) is 5.82 Å². The first kappa shape index (κ1) is 16.2. The number of anilines is 3. The molecule has 0 saturated carbocycles. The quantitative estimate of drug-likeness (QED) is 0.939. The number of rotatable bonds is 3. The highest BCUT2D eigenvalue weighted by Crippen LogP contribution is 2.20. The Morgan fingerprint density at radius 2 is 1.75 bits per heavy atom. The van der Waals surface area contributed by atoms with Crippen LogP contribution in [0.15, 0.2) is 30.5 Å². The number of nitrogens with one attached hydrogen (secondary N) is 1. The van der Waals surface area contributed by atoms with E-state index in [1.54, 1.807) is 13.1 Å². The Morgan fingerprint density at radius 3 is 2.38 bits per heavy atom. The highest BCUT2D eigenvalue weighted by atomic mass is 16.2. The third-order valence-electron chi connectivity index (χ3n) is 4.17. The van der Waals surface area contributed by atoms with E-state index in [1.165, 1.54) is 11.1 Å². The van der Waals surface area contributed by atoms with Gasteiger partial charge in [0.15, 0.2) is 0 Å². The number of aryl methyl sites for hydroxylation is 2. The zero-order valence-corrected chi connectivity index (χ0v) is 14.4. The molecule has 24 heavy (non-hydrogen) atoms. The second kappa shape index (κ2) is 6.86. The molecule has 1 amide bonds. The molecule has 0 radical (unpaired) electrons. The second-order valence-corrected chi connectivity index (χ2v) is 6.23. The molecular weight excluding hydrogens is 302 g/mol. The highest BCUT2D eigenvalue weighted by Gasteiger charge is 2.19. The van der Waals surface area contributed by atoms with Crippen LogP contribution in [0.4, 0.5) is 17.5 Å². The molecule has 6 nitrogen and oxygen atoms in total. The van der Waals surface area contributed by atoms with Crippen molar-refractivity contribution in [3.63, 3.8) is 0 Å². The summed E-state index contributed by atoms with van der Waals surface area (Å²) in [7, 11) is 0. The Morgan fingerprint density at radius 1 is 1.08 bits per heavy atom. The largest absolute Gasteiger partial charge is 0.353 e. The fraction of sp³-hybridized carbons (Fsp3) is 0.389. The molecule has 2 aromatic rings. The minimum atomic E-state index is 0.134. The Hall–Kier alpha value is -2.63. The number of piperazine rings is 1. The summed E-state index contributed by atoms with van der Waals surface area (Å²) >= 11 is 0. The SMILES string of the molecule is CC(=O)N1CCN(c2ccnc(Nc3cc(C)cc(C)c3)n2)CC1. The smallest absolute Gasteiger partial charge is 0.229 e. The van der Waals surface area contributed by atoms with Crippen LogP contribution in [0.25, 0.3) is 0 Å². The molecule has 1 saturated heterocycles. The molecule has 1 fully saturated rings. The number of carbonyl (C=O) groups excluding carboxylic acids is 1. The lowest BCUT2D eigenvalue weighted by Gasteiger charge is -2.34. The van der Waals surface area contributed by atoms with Crippen molar-refractivity contribution in [3.8, 4) is 0 Å². The van der Waals surface area contributed by atoms with Crippen molar-refractivity contribution in [1.82, 2.24) is 14.9 Å².